The van der Waals surface area contributed by atoms with E-state index in [4.69, 9.17) is 4.74 Å². The highest BCUT2D eigenvalue weighted by atomic mass is 16.5. The number of fused-ring (bicyclic) bond motifs is 1. The van der Waals surface area contributed by atoms with Gasteiger partial charge in [-0.25, -0.2) is 0 Å². The van der Waals surface area contributed by atoms with Crippen molar-refractivity contribution in [2.45, 2.75) is 45.6 Å². The maximum absolute atomic E-state index is 5.92. The monoisotopic (exact) mass is 190 g/mol. The van der Waals surface area contributed by atoms with Crippen LogP contribution in [0.3, 0.4) is 0 Å². The van der Waals surface area contributed by atoms with Gasteiger partial charge in [0.1, 0.15) is 11.4 Å². The number of rotatable bonds is 1. The standard InChI is InChI=1S/C13H18O/c1-4-10-5-6-12-11(9-10)7-8-13(2,3)14-12/h5-6,9H,4,7-8H2,1-3H3. The summed E-state index contributed by atoms with van der Waals surface area (Å²) in [6.07, 6.45) is 3.38. The van der Waals surface area contributed by atoms with Gasteiger partial charge in [0.2, 0.25) is 0 Å². The van der Waals surface area contributed by atoms with Gasteiger partial charge in [-0.05, 0) is 50.3 Å². The molecule has 0 aromatic heterocycles. The Labute approximate surface area is 86.1 Å². The van der Waals surface area contributed by atoms with Crippen LogP contribution in [0.5, 0.6) is 5.75 Å². The molecular weight excluding hydrogens is 172 g/mol. The molecule has 1 aliphatic heterocycles. The van der Waals surface area contributed by atoms with E-state index in [1.165, 1.54) is 11.1 Å². The van der Waals surface area contributed by atoms with Gasteiger partial charge in [0, 0.05) is 0 Å². The molecule has 2 rings (SSSR count). The number of aryl methyl sites for hydroxylation is 2. The molecule has 1 heterocycles. The summed E-state index contributed by atoms with van der Waals surface area (Å²) in [6.45, 7) is 6.50. The summed E-state index contributed by atoms with van der Waals surface area (Å²) in [5.41, 5.74) is 2.80. The Morgan fingerprint density at radius 1 is 1.36 bits per heavy atom. The van der Waals surface area contributed by atoms with Crippen LogP contribution in [0.4, 0.5) is 0 Å². The lowest BCUT2D eigenvalue weighted by atomic mass is 9.93. The Hall–Kier alpha value is -0.980. The lowest BCUT2D eigenvalue weighted by Crippen LogP contribution is -2.32. The van der Waals surface area contributed by atoms with Crippen molar-refractivity contribution in [2.75, 3.05) is 0 Å². The van der Waals surface area contributed by atoms with E-state index in [0.29, 0.717) is 0 Å². The van der Waals surface area contributed by atoms with Crippen molar-refractivity contribution in [2.24, 2.45) is 0 Å². The Bertz CT molecular complexity index is 339. The molecule has 0 N–H and O–H groups in total. The zero-order valence-corrected chi connectivity index (χ0v) is 9.26. The van der Waals surface area contributed by atoms with Crippen molar-refractivity contribution < 1.29 is 4.74 Å². The Morgan fingerprint density at radius 2 is 2.14 bits per heavy atom. The highest BCUT2D eigenvalue weighted by Gasteiger charge is 2.26. The average Bonchev–Trinajstić information content (AvgIpc) is 2.16. The van der Waals surface area contributed by atoms with E-state index in [1.807, 2.05) is 0 Å². The molecule has 0 bridgehead atoms. The Morgan fingerprint density at radius 3 is 2.86 bits per heavy atom. The fraction of sp³-hybridized carbons (Fsp3) is 0.538. The van der Waals surface area contributed by atoms with Gasteiger partial charge in [-0.15, -0.1) is 0 Å². The van der Waals surface area contributed by atoms with Crippen LogP contribution in [0.2, 0.25) is 0 Å². The van der Waals surface area contributed by atoms with E-state index in [-0.39, 0.29) is 5.60 Å². The molecule has 0 radical (unpaired) electrons. The van der Waals surface area contributed by atoms with E-state index >= 15 is 0 Å². The predicted molar refractivity (Wildman–Crippen MR) is 58.8 cm³/mol. The maximum atomic E-state index is 5.92. The molecule has 0 atom stereocenters. The van der Waals surface area contributed by atoms with Gasteiger partial charge >= 0.3 is 0 Å². The maximum Gasteiger partial charge on any atom is 0.123 e. The zero-order valence-electron chi connectivity index (χ0n) is 9.26. The number of benzene rings is 1. The van der Waals surface area contributed by atoms with E-state index in [0.717, 1.165) is 25.0 Å². The second-order valence-electron chi connectivity index (χ2n) is 4.66. The van der Waals surface area contributed by atoms with Gasteiger partial charge in [0.05, 0.1) is 0 Å². The fourth-order valence-electron chi connectivity index (χ4n) is 1.93. The molecule has 1 nitrogen and oxygen atoms in total. The lowest BCUT2D eigenvalue weighted by molar-refractivity contribution is 0.0846. The highest BCUT2D eigenvalue weighted by Crippen LogP contribution is 2.33. The molecule has 1 heteroatoms. The normalized spacial score (nSPS) is 18.5. The first-order chi connectivity index (χ1) is 6.61. The Balaban J connectivity index is 2.32. The smallest absolute Gasteiger partial charge is 0.123 e. The van der Waals surface area contributed by atoms with E-state index < -0.39 is 0 Å². The van der Waals surface area contributed by atoms with Crippen LogP contribution in [-0.2, 0) is 12.8 Å². The minimum atomic E-state index is 0.0146. The molecule has 14 heavy (non-hydrogen) atoms. The summed E-state index contributed by atoms with van der Waals surface area (Å²) in [7, 11) is 0. The van der Waals surface area contributed by atoms with Crippen molar-refractivity contribution in [3.8, 4) is 5.75 Å². The molecule has 0 aliphatic carbocycles. The van der Waals surface area contributed by atoms with Gasteiger partial charge in [-0.2, -0.15) is 0 Å². The van der Waals surface area contributed by atoms with Crippen LogP contribution in [-0.4, -0.2) is 5.60 Å². The van der Waals surface area contributed by atoms with Crippen molar-refractivity contribution >= 4 is 0 Å². The average molecular weight is 190 g/mol. The third kappa shape index (κ3) is 1.77. The third-order valence-corrected chi connectivity index (χ3v) is 2.92. The van der Waals surface area contributed by atoms with Crippen molar-refractivity contribution in [1.82, 2.24) is 0 Å². The van der Waals surface area contributed by atoms with Crippen LogP contribution in [0.15, 0.2) is 18.2 Å². The lowest BCUT2D eigenvalue weighted by Gasteiger charge is -2.32. The molecular formula is C13H18O. The summed E-state index contributed by atoms with van der Waals surface area (Å²) < 4.78 is 5.92. The summed E-state index contributed by atoms with van der Waals surface area (Å²) in [4.78, 5) is 0. The molecule has 0 spiro atoms. The molecule has 1 aromatic carbocycles. The van der Waals surface area contributed by atoms with Crippen LogP contribution in [0, 0.1) is 0 Å². The van der Waals surface area contributed by atoms with Crippen LogP contribution >= 0.6 is 0 Å². The number of hydrogen-bond acceptors (Lipinski definition) is 1. The molecule has 0 fully saturated rings. The molecule has 0 saturated heterocycles. The summed E-state index contributed by atoms with van der Waals surface area (Å²) >= 11 is 0. The fourth-order valence-corrected chi connectivity index (χ4v) is 1.93. The van der Waals surface area contributed by atoms with E-state index in [1.54, 1.807) is 0 Å². The minimum absolute atomic E-state index is 0.0146. The quantitative estimate of drug-likeness (QED) is 0.660. The van der Waals surface area contributed by atoms with Crippen molar-refractivity contribution in [1.29, 1.82) is 0 Å². The molecule has 1 aliphatic rings. The summed E-state index contributed by atoms with van der Waals surface area (Å²) in [5.74, 6) is 1.08. The van der Waals surface area contributed by atoms with Gasteiger partial charge in [0.15, 0.2) is 0 Å². The van der Waals surface area contributed by atoms with Crippen LogP contribution in [0.1, 0.15) is 38.3 Å². The number of ether oxygens (including phenoxy) is 1. The van der Waals surface area contributed by atoms with Gasteiger partial charge in [0.25, 0.3) is 0 Å². The largest absolute Gasteiger partial charge is 0.488 e. The van der Waals surface area contributed by atoms with Gasteiger partial charge in [-0.3, -0.25) is 0 Å². The van der Waals surface area contributed by atoms with Gasteiger partial charge < -0.3 is 4.74 Å². The molecule has 1 aromatic rings. The minimum Gasteiger partial charge on any atom is -0.488 e. The first kappa shape index (κ1) is 9.57. The topological polar surface area (TPSA) is 9.23 Å². The molecule has 0 saturated carbocycles. The van der Waals surface area contributed by atoms with E-state index in [2.05, 4.69) is 39.0 Å². The second-order valence-corrected chi connectivity index (χ2v) is 4.66. The SMILES string of the molecule is CCc1ccc2c(c1)CCC(C)(C)O2. The third-order valence-electron chi connectivity index (χ3n) is 2.92. The molecule has 76 valence electrons. The highest BCUT2D eigenvalue weighted by molar-refractivity contribution is 5.39. The molecule has 0 unspecified atom stereocenters. The van der Waals surface area contributed by atoms with Crippen LogP contribution < -0.4 is 4.74 Å². The van der Waals surface area contributed by atoms with E-state index in [9.17, 15) is 0 Å². The van der Waals surface area contributed by atoms with Gasteiger partial charge in [-0.1, -0.05) is 19.1 Å². The first-order valence-corrected chi connectivity index (χ1v) is 5.41. The van der Waals surface area contributed by atoms with Crippen molar-refractivity contribution in [3.63, 3.8) is 0 Å². The molecule has 0 amide bonds. The predicted octanol–water partition coefficient (Wildman–Crippen LogP) is 3.35. The van der Waals surface area contributed by atoms with Crippen LogP contribution in [0.25, 0.3) is 0 Å². The Kier molecular flexibility index (Phi) is 2.26. The first-order valence-electron chi connectivity index (χ1n) is 5.41. The van der Waals surface area contributed by atoms with Crippen molar-refractivity contribution in [3.05, 3.63) is 29.3 Å². The number of hydrogen-bond donors (Lipinski definition) is 0. The second kappa shape index (κ2) is 3.30. The summed E-state index contributed by atoms with van der Waals surface area (Å²) in [5, 5.41) is 0. The zero-order chi connectivity index (χ0) is 10.2. The summed E-state index contributed by atoms with van der Waals surface area (Å²) in [6, 6.07) is 6.57.